The van der Waals surface area contributed by atoms with Gasteiger partial charge in [-0.05, 0) is 65.2 Å². The number of hydrogen-bond donors (Lipinski definition) is 1. The lowest BCUT2D eigenvalue weighted by Crippen LogP contribution is -2.21. The predicted molar refractivity (Wildman–Crippen MR) is 116 cm³/mol. The molecule has 0 unspecified atom stereocenters. The van der Waals surface area contributed by atoms with Gasteiger partial charge in [-0.15, -0.1) is 0 Å². The lowest BCUT2D eigenvalue weighted by molar-refractivity contribution is -0.118. The fraction of sp³-hybridized carbons (Fsp3) is 0.174. The van der Waals surface area contributed by atoms with Crippen molar-refractivity contribution in [2.24, 2.45) is 0 Å². The lowest BCUT2D eigenvalue weighted by Gasteiger charge is -2.15. The minimum atomic E-state index is -0.251. The van der Waals surface area contributed by atoms with E-state index in [0.29, 0.717) is 17.2 Å². The number of para-hydroxylation sites is 2. The Bertz CT molecular complexity index is 942. The summed E-state index contributed by atoms with van der Waals surface area (Å²) in [5.41, 5.74) is 2.82. The first-order chi connectivity index (χ1) is 13.5. The molecule has 0 spiro atoms. The first-order valence-electron chi connectivity index (χ1n) is 9.06. The van der Waals surface area contributed by atoms with Gasteiger partial charge in [0, 0.05) is 0 Å². The second-order valence-electron chi connectivity index (χ2n) is 6.51. The van der Waals surface area contributed by atoms with Crippen molar-refractivity contribution in [1.82, 2.24) is 0 Å². The molecule has 0 aliphatic heterocycles. The number of nitrogens with one attached hydrogen (secondary N) is 1. The predicted octanol–water partition coefficient (Wildman–Crippen LogP) is 5.92. The average Bonchev–Trinajstić information content (AvgIpc) is 2.69. The number of carbonyl (C=O) groups excluding carboxylic acids is 1. The van der Waals surface area contributed by atoms with Crippen molar-refractivity contribution in [2.45, 2.75) is 20.0 Å². The van der Waals surface area contributed by atoms with Crippen LogP contribution in [0.3, 0.4) is 0 Å². The van der Waals surface area contributed by atoms with E-state index < -0.39 is 0 Å². The van der Waals surface area contributed by atoms with E-state index in [9.17, 15) is 4.79 Å². The smallest absolute Gasteiger partial charge is 0.262 e. The van der Waals surface area contributed by atoms with E-state index >= 15 is 0 Å². The number of benzene rings is 3. The van der Waals surface area contributed by atoms with E-state index in [0.717, 1.165) is 15.6 Å². The van der Waals surface area contributed by atoms with E-state index in [1.165, 1.54) is 0 Å². The summed E-state index contributed by atoms with van der Waals surface area (Å²) in [6.07, 6.45) is 0.0217. The summed E-state index contributed by atoms with van der Waals surface area (Å²) in [5, 5.41) is 2.84. The summed E-state index contributed by atoms with van der Waals surface area (Å²) in [5.74, 6) is 1.000. The number of amides is 1. The van der Waals surface area contributed by atoms with Crippen molar-refractivity contribution >= 4 is 27.5 Å². The first-order valence-corrected chi connectivity index (χ1v) is 9.85. The largest absolute Gasteiger partial charge is 0.489 e. The minimum Gasteiger partial charge on any atom is -0.489 e. The molecule has 3 aromatic carbocycles. The molecule has 0 fully saturated rings. The van der Waals surface area contributed by atoms with Crippen molar-refractivity contribution in [3.8, 4) is 22.6 Å². The summed E-state index contributed by atoms with van der Waals surface area (Å²) in [7, 11) is 0. The molecule has 0 aromatic heterocycles. The van der Waals surface area contributed by atoms with Gasteiger partial charge in [0.25, 0.3) is 5.91 Å². The van der Waals surface area contributed by atoms with E-state index in [1.54, 1.807) is 6.07 Å². The van der Waals surface area contributed by atoms with Crippen molar-refractivity contribution in [3.05, 3.63) is 77.3 Å². The van der Waals surface area contributed by atoms with Crippen molar-refractivity contribution in [2.75, 3.05) is 11.9 Å². The molecule has 0 saturated carbocycles. The zero-order valence-corrected chi connectivity index (χ0v) is 17.4. The number of carbonyl (C=O) groups is 1. The highest BCUT2D eigenvalue weighted by Crippen LogP contribution is 2.31. The number of ether oxygens (including phenoxy) is 2. The van der Waals surface area contributed by atoms with Crippen LogP contribution in [0.15, 0.2) is 77.3 Å². The SMILES string of the molecule is CC(C)Oc1ccccc1NC(=O)COc1ccc(-c2ccccc2)cc1Br. The van der Waals surface area contributed by atoms with Crippen LogP contribution in [0.4, 0.5) is 5.69 Å². The van der Waals surface area contributed by atoms with Gasteiger partial charge in [-0.3, -0.25) is 4.79 Å². The fourth-order valence-corrected chi connectivity index (χ4v) is 3.18. The second kappa shape index (κ2) is 9.42. The Balaban J connectivity index is 1.62. The third-order valence-electron chi connectivity index (χ3n) is 3.92. The molecule has 3 aromatic rings. The zero-order valence-electron chi connectivity index (χ0n) is 15.8. The topological polar surface area (TPSA) is 47.6 Å². The monoisotopic (exact) mass is 439 g/mol. The van der Waals surface area contributed by atoms with Crippen LogP contribution in [0.5, 0.6) is 11.5 Å². The molecule has 4 nitrogen and oxygen atoms in total. The van der Waals surface area contributed by atoms with Gasteiger partial charge < -0.3 is 14.8 Å². The van der Waals surface area contributed by atoms with Gasteiger partial charge in [0.2, 0.25) is 0 Å². The van der Waals surface area contributed by atoms with Crippen LogP contribution in [-0.2, 0) is 4.79 Å². The highest BCUT2D eigenvalue weighted by molar-refractivity contribution is 9.10. The Morgan fingerprint density at radius 1 is 0.929 bits per heavy atom. The zero-order chi connectivity index (χ0) is 19.9. The van der Waals surface area contributed by atoms with Gasteiger partial charge in [-0.2, -0.15) is 0 Å². The molecule has 1 amide bonds. The van der Waals surface area contributed by atoms with Crippen molar-refractivity contribution in [1.29, 1.82) is 0 Å². The molecule has 3 rings (SSSR count). The van der Waals surface area contributed by atoms with E-state index in [4.69, 9.17) is 9.47 Å². The molecule has 28 heavy (non-hydrogen) atoms. The number of anilines is 1. The van der Waals surface area contributed by atoms with Gasteiger partial charge in [0.15, 0.2) is 6.61 Å². The molecule has 0 saturated heterocycles. The van der Waals surface area contributed by atoms with E-state index in [1.807, 2.05) is 80.6 Å². The quantitative estimate of drug-likeness (QED) is 0.496. The Morgan fingerprint density at radius 3 is 2.36 bits per heavy atom. The molecular weight excluding hydrogens is 418 g/mol. The maximum absolute atomic E-state index is 12.3. The summed E-state index contributed by atoms with van der Waals surface area (Å²) in [6.45, 7) is 3.79. The fourth-order valence-electron chi connectivity index (χ4n) is 2.68. The standard InChI is InChI=1S/C23H22BrNO3/c1-16(2)28-22-11-7-6-10-20(22)25-23(26)15-27-21-13-12-18(14-19(21)24)17-8-4-3-5-9-17/h3-14,16H,15H2,1-2H3,(H,25,26). The second-order valence-corrected chi connectivity index (χ2v) is 7.37. The molecular formula is C23H22BrNO3. The van der Waals surface area contributed by atoms with Crippen LogP contribution in [-0.4, -0.2) is 18.6 Å². The van der Waals surface area contributed by atoms with Crippen LogP contribution in [0, 0.1) is 0 Å². The highest BCUT2D eigenvalue weighted by atomic mass is 79.9. The molecule has 1 N–H and O–H groups in total. The number of rotatable bonds is 7. The van der Waals surface area contributed by atoms with Gasteiger partial charge in [-0.1, -0.05) is 48.5 Å². The summed E-state index contributed by atoms with van der Waals surface area (Å²) >= 11 is 3.52. The minimum absolute atomic E-state index is 0.0217. The van der Waals surface area contributed by atoms with Crippen molar-refractivity contribution < 1.29 is 14.3 Å². The molecule has 0 aliphatic carbocycles. The summed E-state index contributed by atoms with van der Waals surface area (Å²) in [6, 6.07) is 23.2. The molecule has 144 valence electrons. The number of hydrogen-bond acceptors (Lipinski definition) is 3. The Kier molecular flexibility index (Phi) is 6.71. The number of halogens is 1. The normalized spacial score (nSPS) is 10.6. The molecule has 0 heterocycles. The molecule has 0 bridgehead atoms. The van der Waals surface area contributed by atoms with Gasteiger partial charge in [0.1, 0.15) is 11.5 Å². The lowest BCUT2D eigenvalue weighted by atomic mass is 10.1. The van der Waals surface area contributed by atoms with Gasteiger partial charge in [-0.25, -0.2) is 0 Å². The Labute approximate surface area is 173 Å². The van der Waals surface area contributed by atoms with Gasteiger partial charge in [0.05, 0.1) is 16.3 Å². The van der Waals surface area contributed by atoms with Crippen LogP contribution < -0.4 is 14.8 Å². The van der Waals surface area contributed by atoms with E-state index in [2.05, 4.69) is 21.2 Å². The molecule has 5 heteroatoms. The maximum atomic E-state index is 12.3. The van der Waals surface area contributed by atoms with Crippen LogP contribution in [0.2, 0.25) is 0 Å². The summed E-state index contributed by atoms with van der Waals surface area (Å²) < 4.78 is 12.2. The molecule has 0 aliphatic rings. The van der Waals surface area contributed by atoms with Crippen LogP contribution >= 0.6 is 15.9 Å². The van der Waals surface area contributed by atoms with Gasteiger partial charge >= 0.3 is 0 Å². The van der Waals surface area contributed by atoms with E-state index in [-0.39, 0.29) is 18.6 Å². The van der Waals surface area contributed by atoms with Crippen LogP contribution in [0.25, 0.3) is 11.1 Å². The third-order valence-corrected chi connectivity index (χ3v) is 4.54. The summed E-state index contributed by atoms with van der Waals surface area (Å²) in [4.78, 5) is 12.3. The third kappa shape index (κ3) is 5.36. The molecule has 0 radical (unpaired) electrons. The maximum Gasteiger partial charge on any atom is 0.262 e. The first kappa shape index (κ1) is 20.0. The Morgan fingerprint density at radius 2 is 1.64 bits per heavy atom. The highest BCUT2D eigenvalue weighted by Gasteiger charge is 2.11. The Hall–Kier alpha value is -2.79. The molecule has 0 atom stereocenters. The van der Waals surface area contributed by atoms with Crippen molar-refractivity contribution in [3.63, 3.8) is 0 Å². The average molecular weight is 440 g/mol. The van der Waals surface area contributed by atoms with Crippen LogP contribution in [0.1, 0.15) is 13.8 Å².